The van der Waals surface area contributed by atoms with Crippen LogP contribution in [0.15, 0.2) is 71.6 Å². The van der Waals surface area contributed by atoms with Crippen LogP contribution in [0.25, 0.3) is 10.8 Å². The molecule has 1 aliphatic rings. The molecular formula is C18H11NO5S. The molecule has 0 radical (unpaired) electrons. The summed E-state index contributed by atoms with van der Waals surface area (Å²) in [6, 6.07) is 17.6. The average Bonchev–Trinajstić information content (AvgIpc) is 2.87. The van der Waals surface area contributed by atoms with Gasteiger partial charge in [0.25, 0.3) is 11.8 Å². The maximum absolute atomic E-state index is 12.6. The van der Waals surface area contributed by atoms with Crippen molar-refractivity contribution in [1.82, 2.24) is 5.06 Å². The van der Waals surface area contributed by atoms with Crippen molar-refractivity contribution in [3.8, 4) is 0 Å². The van der Waals surface area contributed by atoms with Crippen LogP contribution in [0, 0.1) is 0 Å². The number of fused-ring (bicyclic) bond motifs is 3. The molecule has 2 amide bonds. The van der Waals surface area contributed by atoms with Crippen LogP contribution < -0.4 is 0 Å². The summed E-state index contributed by atoms with van der Waals surface area (Å²) in [7, 11) is -4.30. The van der Waals surface area contributed by atoms with Crippen molar-refractivity contribution >= 4 is 32.7 Å². The molecule has 3 aromatic carbocycles. The lowest BCUT2D eigenvalue weighted by atomic mass is 10.0. The predicted molar refractivity (Wildman–Crippen MR) is 89.2 cm³/mol. The number of hydrogen-bond acceptors (Lipinski definition) is 5. The van der Waals surface area contributed by atoms with Gasteiger partial charge in [-0.3, -0.25) is 9.59 Å². The summed E-state index contributed by atoms with van der Waals surface area (Å²) in [6.45, 7) is 0. The Hall–Kier alpha value is -3.03. The highest BCUT2D eigenvalue weighted by Crippen LogP contribution is 2.31. The van der Waals surface area contributed by atoms with Gasteiger partial charge in [0.15, 0.2) is 0 Å². The SMILES string of the molecule is O=C1c2ccc3ccccc3c2C(=O)N1OS(=O)(=O)c1ccccc1. The summed E-state index contributed by atoms with van der Waals surface area (Å²) < 4.78 is 29.5. The first kappa shape index (κ1) is 15.5. The molecule has 4 rings (SSSR count). The second kappa shape index (κ2) is 5.51. The Morgan fingerprint density at radius 3 is 2.20 bits per heavy atom. The Kier molecular flexibility index (Phi) is 3.41. The van der Waals surface area contributed by atoms with Crippen LogP contribution in [0.2, 0.25) is 0 Å². The molecule has 25 heavy (non-hydrogen) atoms. The molecule has 0 saturated heterocycles. The Labute approximate surface area is 143 Å². The zero-order chi connectivity index (χ0) is 17.6. The van der Waals surface area contributed by atoms with E-state index in [1.165, 1.54) is 30.3 Å². The van der Waals surface area contributed by atoms with Crippen molar-refractivity contribution in [3.63, 3.8) is 0 Å². The first-order valence-electron chi connectivity index (χ1n) is 7.39. The average molecular weight is 353 g/mol. The van der Waals surface area contributed by atoms with Crippen LogP contribution in [0.1, 0.15) is 20.7 Å². The van der Waals surface area contributed by atoms with E-state index in [9.17, 15) is 18.0 Å². The summed E-state index contributed by atoms with van der Waals surface area (Å²) in [6.07, 6.45) is 0. The minimum absolute atomic E-state index is 0.118. The minimum Gasteiger partial charge on any atom is -0.266 e. The van der Waals surface area contributed by atoms with Crippen LogP contribution in [0.3, 0.4) is 0 Å². The molecule has 0 atom stereocenters. The summed E-state index contributed by atoms with van der Waals surface area (Å²) >= 11 is 0. The largest absolute Gasteiger partial charge is 0.318 e. The molecular weight excluding hydrogens is 342 g/mol. The van der Waals surface area contributed by atoms with Gasteiger partial charge in [-0.05, 0) is 29.0 Å². The van der Waals surface area contributed by atoms with Gasteiger partial charge < -0.3 is 0 Å². The van der Waals surface area contributed by atoms with E-state index in [0.29, 0.717) is 10.4 Å². The van der Waals surface area contributed by atoms with Crippen LogP contribution in [-0.2, 0) is 14.4 Å². The number of carbonyl (C=O) groups is 2. The lowest BCUT2D eigenvalue weighted by Crippen LogP contribution is -2.32. The first-order chi connectivity index (χ1) is 12.0. The van der Waals surface area contributed by atoms with E-state index < -0.39 is 21.9 Å². The van der Waals surface area contributed by atoms with Gasteiger partial charge in [-0.15, -0.1) is 9.35 Å². The highest BCUT2D eigenvalue weighted by atomic mass is 32.2. The maximum atomic E-state index is 12.6. The van der Waals surface area contributed by atoms with E-state index in [0.717, 1.165) is 5.39 Å². The Bertz CT molecular complexity index is 1120. The normalized spacial score (nSPS) is 14.2. The van der Waals surface area contributed by atoms with E-state index in [-0.39, 0.29) is 16.0 Å². The van der Waals surface area contributed by atoms with Crippen molar-refractivity contribution in [1.29, 1.82) is 0 Å². The molecule has 3 aromatic rings. The molecule has 124 valence electrons. The third-order valence-corrected chi connectivity index (χ3v) is 5.14. The van der Waals surface area contributed by atoms with Gasteiger partial charge in [0.05, 0.1) is 16.0 Å². The molecule has 0 aliphatic carbocycles. The van der Waals surface area contributed by atoms with Crippen molar-refractivity contribution in [2.45, 2.75) is 4.90 Å². The summed E-state index contributed by atoms with van der Waals surface area (Å²) in [5.41, 5.74) is 0.262. The van der Waals surface area contributed by atoms with Gasteiger partial charge in [-0.25, -0.2) is 0 Å². The Balaban J connectivity index is 1.77. The van der Waals surface area contributed by atoms with E-state index >= 15 is 0 Å². The third kappa shape index (κ3) is 2.41. The number of rotatable bonds is 3. The number of nitrogens with zero attached hydrogens (tertiary/aromatic N) is 1. The smallest absolute Gasteiger partial charge is 0.266 e. The van der Waals surface area contributed by atoms with Gasteiger partial charge >= 0.3 is 10.1 Å². The molecule has 0 saturated carbocycles. The maximum Gasteiger partial charge on any atom is 0.318 e. The molecule has 0 N–H and O–H groups in total. The lowest BCUT2D eigenvalue weighted by molar-refractivity contribution is -0.0103. The third-order valence-electron chi connectivity index (χ3n) is 3.95. The molecule has 0 unspecified atom stereocenters. The minimum atomic E-state index is -4.30. The topological polar surface area (TPSA) is 80.8 Å². The monoisotopic (exact) mass is 353 g/mol. The van der Waals surface area contributed by atoms with Crippen LogP contribution in [0.4, 0.5) is 0 Å². The zero-order valence-corrected chi connectivity index (χ0v) is 13.6. The van der Waals surface area contributed by atoms with Crippen molar-refractivity contribution in [2.24, 2.45) is 0 Å². The van der Waals surface area contributed by atoms with E-state index in [4.69, 9.17) is 4.28 Å². The quantitative estimate of drug-likeness (QED) is 0.676. The van der Waals surface area contributed by atoms with Crippen molar-refractivity contribution in [2.75, 3.05) is 0 Å². The second-order valence-electron chi connectivity index (χ2n) is 5.46. The highest BCUT2D eigenvalue weighted by Gasteiger charge is 2.41. The summed E-state index contributed by atoms with van der Waals surface area (Å²) in [5.74, 6) is -1.60. The molecule has 0 aromatic heterocycles. The van der Waals surface area contributed by atoms with Crippen molar-refractivity contribution < 1.29 is 22.3 Å². The highest BCUT2D eigenvalue weighted by molar-refractivity contribution is 7.86. The fourth-order valence-corrected chi connectivity index (χ4v) is 3.69. The lowest BCUT2D eigenvalue weighted by Gasteiger charge is -2.12. The molecule has 0 bridgehead atoms. The van der Waals surface area contributed by atoms with Crippen molar-refractivity contribution in [3.05, 3.63) is 77.9 Å². The second-order valence-corrected chi connectivity index (χ2v) is 6.98. The number of hydroxylamine groups is 2. The summed E-state index contributed by atoms with van der Waals surface area (Å²) in [4.78, 5) is 25.0. The fraction of sp³-hybridized carbons (Fsp3) is 0. The summed E-state index contributed by atoms with van der Waals surface area (Å²) in [5, 5.41) is 1.65. The number of imide groups is 1. The predicted octanol–water partition coefficient (Wildman–Crippen LogP) is 2.76. The standard InChI is InChI=1S/C18H11NO5S/c20-17-15-11-10-12-6-4-5-9-14(12)16(15)18(21)19(17)24-25(22,23)13-7-2-1-3-8-13/h1-11H. The fourth-order valence-electron chi connectivity index (χ4n) is 2.78. The van der Waals surface area contributed by atoms with E-state index in [1.54, 1.807) is 30.3 Å². The molecule has 0 fully saturated rings. The van der Waals surface area contributed by atoms with Crippen LogP contribution >= 0.6 is 0 Å². The van der Waals surface area contributed by atoms with Gasteiger partial charge in [0, 0.05) is 0 Å². The van der Waals surface area contributed by atoms with E-state index in [2.05, 4.69) is 0 Å². The van der Waals surface area contributed by atoms with Crippen LogP contribution in [-0.4, -0.2) is 25.3 Å². The van der Waals surface area contributed by atoms with Gasteiger partial charge in [0.1, 0.15) is 0 Å². The zero-order valence-electron chi connectivity index (χ0n) is 12.7. The Morgan fingerprint density at radius 1 is 0.760 bits per heavy atom. The van der Waals surface area contributed by atoms with E-state index in [1.807, 2.05) is 6.07 Å². The molecule has 1 aliphatic heterocycles. The van der Waals surface area contributed by atoms with Gasteiger partial charge in [-0.1, -0.05) is 48.5 Å². The first-order valence-corrected chi connectivity index (χ1v) is 8.80. The number of carbonyl (C=O) groups excluding carboxylic acids is 2. The van der Waals surface area contributed by atoms with Crippen LogP contribution in [0.5, 0.6) is 0 Å². The van der Waals surface area contributed by atoms with Gasteiger partial charge in [0.2, 0.25) is 0 Å². The molecule has 7 heteroatoms. The Morgan fingerprint density at radius 2 is 1.44 bits per heavy atom. The molecule has 1 heterocycles. The number of hydrogen-bond donors (Lipinski definition) is 0. The van der Waals surface area contributed by atoms with Gasteiger partial charge in [-0.2, -0.15) is 8.42 Å². The molecule has 6 nitrogen and oxygen atoms in total. The number of amides is 2. The molecule has 0 spiro atoms. The number of benzene rings is 3.